The highest BCUT2D eigenvalue weighted by Gasteiger charge is 2.24. The average molecular weight is 395 g/mol. The first kappa shape index (κ1) is 18.7. The fourth-order valence-electron chi connectivity index (χ4n) is 3.00. The van der Waals surface area contributed by atoms with Gasteiger partial charge in [0.05, 0.1) is 30.0 Å². The number of benzene rings is 2. The maximum Gasteiger partial charge on any atom is 0.254 e. The van der Waals surface area contributed by atoms with Crippen molar-refractivity contribution in [2.75, 3.05) is 45.3 Å². The summed E-state index contributed by atoms with van der Waals surface area (Å²) in [6, 6.07) is 10.8. The second-order valence-electron chi connectivity index (χ2n) is 5.95. The summed E-state index contributed by atoms with van der Waals surface area (Å²) in [5.41, 5.74) is 1.45. The lowest BCUT2D eigenvalue weighted by molar-refractivity contribution is 0.0746. The lowest BCUT2D eigenvalue weighted by atomic mass is 10.1. The highest BCUT2D eigenvalue weighted by molar-refractivity contribution is 6.43. The van der Waals surface area contributed by atoms with Gasteiger partial charge in [0.15, 0.2) is 0 Å². The molecule has 1 aliphatic rings. The van der Waals surface area contributed by atoms with Gasteiger partial charge >= 0.3 is 0 Å². The van der Waals surface area contributed by atoms with Crippen LogP contribution in [0.1, 0.15) is 10.4 Å². The van der Waals surface area contributed by atoms with Gasteiger partial charge in [-0.25, -0.2) is 0 Å². The smallest absolute Gasteiger partial charge is 0.254 e. The van der Waals surface area contributed by atoms with Crippen LogP contribution in [0.25, 0.3) is 0 Å². The number of rotatable bonds is 4. The molecule has 0 unspecified atom stereocenters. The number of anilines is 1. The van der Waals surface area contributed by atoms with Crippen LogP contribution >= 0.6 is 23.2 Å². The first-order valence-electron chi connectivity index (χ1n) is 8.25. The first-order chi connectivity index (χ1) is 12.5. The molecule has 0 saturated carbocycles. The third-order valence-corrected chi connectivity index (χ3v) is 5.25. The van der Waals surface area contributed by atoms with Crippen molar-refractivity contribution in [3.63, 3.8) is 0 Å². The molecule has 1 amide bonds. The van der Waals surface area contributed by atoms with E-state index < -0.39 is 0 Å². The zero-order valence-electron chi connectivity index (χ0n) is 14.7. The minimum Gasteiger partial charge on any atom is -0.497 e. The Bertz CT molecular complexity index is 783. The summed E-state index contributed by atoms with van der Waals surface area (Å²) >= 11 is 12.4. The van der Waals surface area contributed by atoms with Gasteiger partial charge in [0.1, 0.15) is 11.5 Å². The van der Waals surface area contributed by atoms with E-state index in [-0.39, 0.29) is 5.91 Å². The lowest BCUT2D eigenvalue weighted by Crippen LogP contribution is -2.48. The second kappa shape index (κ2) is 8.06. The Balaban J connectivity index is 1.72. The summed E-state index contributed by atoms with van der Waals surface area (Å²) < 4.78 is 10.5. The fraction of sp³-hybridized carbons (Fsp3) is 0.316. The largest absolute Gasteiger partial charge is 0.497 e. The Kier molecular flexibility index (Phi) is 5.79. The summed E-state index contributed by atoms with van der Waals surface area (Å²) in [5.74, 6) is 1.15. The molecule has 2 aromatic rings. The van der Waals surface area contributed by atoms with Crippen molar-refractivity contribution in [1.29, 1.82) is 0 Å². The zero-order chi connectivity index (χ0) is 18.7. The number of nitrogens with zero attached hydrogens (tertiary/aromatic N) is 2. The van der Waals surface area contributed by atoms with Gasteiger partial charge in [0, 0.05) is 37.8 Å². The molecule has 0 radical (unpaired) electrons. The van der Waals surface area contributed by atoms with E-state index in [9.17, 15) is 4.79 Å². The number of ether oxygens (including phenoxy) is 2. The van der Waals surface area contributed by atoms with E-state index in [1.54, 1.807) is 38.5 Å². The summed E-state index contributed by atoms with van der Waals surface area (Å²) in [4.78, 5) is 16.8. The zero-order valence-corrected chi connectivity index (χ0v) is 16.2. The predicted octanol–water partition coefficient (Wildman–Crippen LogP) is 3.97. The molecule has 0 atom stereocenters. The molecule has 7 heteroatoms. The van der Waals surface area contributed by atoms with E-state index in [4.69, 9.17) is 32.7 Å². The van der Waals surface area contributed by atoms with Crippen molar-refractivity contribution in [3.05, 3.63) is 52.0 Å². The Morgan fingerprint density at radius 3 is 2.15 bits per heavy atom. The molecule has 5 nitrogen and oxygen atoms in total. The normalized spacial score (nSPS) is 14.3. The topological polar surface area (TPSA) is 42.0 Å². The molecule has 1 aliphatic heterocycles. The maximum absolute atomic E-state index is 12.8. The Hall–Kier alpha value is -2.11. The summed E-state index contributed by atoms with van der Waals surface area (Å²) in [6.07, 6.45) is 0. The number of hydrogen-bond donors (Lipinski definition) is 0. The molecular weight excluding hydrogens is 375 g/mol. The quantitative estimate of drug-likeness (QED) is 0.786. The van der Waals surface area contributed by atoms with Gasteiger partial charge in [0.2, 0.25) is 0 Å². The van der Waals surface area contributed by atoms with Crippen molar-refractivity contribution in [2.24, 2.45) is 0 Å². The maximum atomic E-state index is 12.8. The van der Waals surface area contributed by atoms with Crippen molar-refractivity contribution in [3.8, 4) is 11.5 Å². The molecule has 0 spiro atoms. The van der Waals surface area contributed by atoms with E-state index in [0.717, 1.165) is 5.69 Å². The van der Waals surface area contributed by atoms with Gasteiger partial charge in [-0.2, -0.15) is 0 Å². The van der Waals surface area contributed by atoms with Crippen LogP contribution < -0.4 is 14.4 Å². The fourth-order valence-corrected chi connectivity index (χ4v) is 3.42. The average Bonchev–Trinajstić information content (AvgIpc) is 2.69. The second-order valence-corrected chi connectivity index (χ2v) is 6.74. The number of carbonyl (C=O) groups excluding carboxylic acids is 1. The van der Waals surface area contributed by atoms with Gasteiger partial charge in [-0.1, -0.05) is 29.3 Å². The molecule has 0 aromatic heterocycles. The molecule has 1 fully saturated rings. The highest BCUT2D eigenvalue weighted by Crippen LogP contribution is 2.33. The van der Waals surface area contributed by atoms with Crippen LogP contribution in [0.4, 0.5) is 5.69 Å². The lowest BCUT2D eigenvalue weighted by Gasteiger charge is -2.36. The van der Waals surface area contributed by atoms with Gasteiger partial charge in [-0.15, -0.1) is 0 Å². The SMILES string of the molecule is COc1cc(OC)cc(C(=O)N2CCN(c3cccc(Cl)c3Cl)CC2)c1. The first-order valence-corrected chi connectivity index (χ1v) is 9.00. The summed E-state index contributed by atoms with van der Waals surface area (Å²) in [5, 5.41) is 1.08. The van der Waals surface area contributed by atoms with Gasteiger partial charge in [-0.05, 0) is 24.3 Å². The number of piperazine rings is 1. The van der Waals surface area contributed by atoms with Crippen LogP contribution in [0.5, 0.6) is 11.5 Å². The predicted molar refractivity (Wildman–Crippen MR) is 104 cm³/mol. The Morgan fingerprint density at radius 1 is 0.962 bits per heavy atom. The number of carbonyl (C=O) groups is 1. The van der Waals surface area contributed by atoms with Crippen molar-refractivity contribution >= 4 is 34.8 Å². The van der Waals surface area contributed by atoms with Crippen LogP contribution in [-0.4, -0.2) is 51.2 Å². The van der Waals surface area contributed by atoms with Crippen LogP contribution in [0.15, 0.2) is 36.4 Å². The van der Waals surface area contributed by atoms with E-state index in [1.165, 1.54) is 0 Å². The molecular formula is C19H20Cl2N2O3. The van der Waals surface area contributed by atoms with E-state index in [1.807, 2.05) is 17.0 Å². The Morgan fingerprint density at radius 2 is 1.58 bits per heavy atom. The molecule has 0 aliphatic carbocycles. The number of methoxy groups -OCH3 is 2. The molecule has 1 saturated heterocycles. The third kappa shape index (κ3) is 3.84. The standard InChI is InChI=1S/C19H20Cl2N2O3/c1-25-14-10-13(11-15(12-14)26-2)19(24)23-8-6-22(7-9-23)17-5-3-4-16(20)18(17)21/h3-5,10-12H,6-9H2,1-2H3. The van der Waals surface area contributed by atoms with Crippen LogP contribution in [0.3, 0.4) is 0 Å². The summed E-state index contributed by atoms with van der Waals surface area (Å²) in [6.45, 7) is 2.57. The van der Waals surface area contributed by atoms with E-state index in [2.05, 4.69) is 4.90 Å². The monoisotopic (exact) mass is 394 g/mol. The van der Waals surface area contributed by atoms with Crippen molar-refractivity contribution in [2.45, 2.75) is 0 Å². The van der Waals surface area contributed by atoms with Gasteiger partial charge < -0.3 is 19.3 Å². The van der Waals surface area contributed by atoms with Gasteiger partial charge in [-0.3, -0.25) is 4.79 Å². The molecule has 138 valence electrons. The Labute approximate surface area is 163 Å². The molecule has 0 bridgehead atoms. The molecule has 3 rings (SSSR count). The third-order valence-electron chi connectivity index (χ3n) is 4.44. The van der Waals surface area contributed by atoms with Gasteiger partial charge in [0.25, 0.3) is 5.91 Å². The number of halogens is 2. The minimum absolute atomic E-state index is 0.0426. The van der Waals surface area contributed by atoms with Crippen molar-refractivity contribution in [1.82, 2.24) is 4.90 Å². The van der Waals surface area contributed by atoms with Crippen LogP contribution in [-0.2, 0) is 0 Å². The molecule has 2 aromatic carbocycles. The number of hydrogen-bond acceptors (Lipinski definition) is 4. The van der Waals surface area contributed by atoms with Crippen LogP contribution in [0.2, 0.25) is 10.0 Å². The van der Waals surface area contributed by atoms with E-state index >= 15 is 0 Å². The summed E-state index contributed by atoms with van der Waals surface area (Å²) in [7, 11) is 3.13. The molecule has 26 heavy (non-hydrogen) atoms. The van der Waals surface area contributed by atoms with Crippen molar-refractivity contribution < 1.29 is 14.3 Å². The highest BCUT2D eigenvalue weighted by atomic mass is 35.5. The minimum atomic E-state index is -0.0426. The molecule has 0 N–H and O–H groups in total. The van der Waals surface area contributed by atoms with E-state index in [0.29, 0.717) is 53.3 Å². The van der Waals surface area contributed by atoms with Crippen LogP contribution in [0, 0.1) is 0 Å². The molecule has 1 heterocycles. The number of amides is 1.